The predicted octanol–water partition coefficient (Wildman–Crippen LogP) is 7.32. The summed E-state index contributed by atoms with van der Waals surface area (Å²) in [4.78, 5) is 45.0. The number of benzene rings is 1. The fraction of sp³-hybridized carbons (Fsp3) is 0.417. The number of anilines is 1. The van der Waals surface area contributed by atoms with Gasteiger partial charge < -0.3 is 14.5 Å². The van der Waals surface area contributed by atoms with Crippen molar-refractivity contribution in [1.29, 1.82) is 0 Å². The van der Waals surface area contributed by atoms with E-state index in [0.29, 0.717) is 42.1 Å². The maximum Gasteiger partial charge on any atom is 0.410 e. The van der Waals surface area contributed by atoms with Gasteiger partial charge in [0.1, 0.15) is 22.9 Å². The molecule has 1 saturated heterocycles. The minimum atomic E-state index is -0.624. The highest BCUT2D eigenvalue weighted by molar-refractivity contribution is 5.91. The Bertz CT molecular complexity index is 1830. The molecule has 4 aromatic rings. The number of hydrogen-bond donors (Lipinski definition) is 0. The Morgan fingerprint density at radius 1 is 1.09 bits per heavy atom. The minimum Gasteiger partial charge on any atom is -0.444 e. The first-order valence-electron chi connectivity index (χ1n) is 15.8. The van der Waals surface area contributed by atoms with Crippen molar-refractivity contribution in [2.45, 2.75) is 78.9 Å². The highest BCUT2D eigenvalue weighted by atomic mass is 19.1. The summed E-state index contributed by atoms with van der Waals surface area (Å²) >= 11 is 0. The molecule has 0 radical (unpaired) electrons. The number of piperazine rings is 1. The monoisotopic (exact) mass is 626 g/mol. The molecule has 0 bridgehead atoms. The number of fused-ring (bicyclic) bond motifs is 1. The van der Waals surface area contributed by atoms with Gasteiger partial charge >= 0.3 is 11.8 Å². The number of rotatable bonds is 6. The van der Waals surface area contributed by atoms with Gasteiger partial charge in [-0.05, 0) is 62.8 Å². The van der Waals surface area contributed by atoms with Crippen LogP contribution in [0.15, 0.2) is 54.0 Å². The molecule has 242 valence electrons. The average Bonchev–Trinajstić information content (AvgIpc) is 2.99. The predicted molar refractivity (Wildman–Crippen MR) is 181 cm³/mol. The Morgan fingerprint density at radius 2 is 1.80 bits per heavy atom. The summed E-state index contributed by atoms with van der Waals surface area (Å²) in [5, 5.41) is 0.391. The molecule has 1 aliphatic rings. The van der Waals surface area contributed by atoms with Crippen LogP contribution < -0.4 is 10.6 Å². The largest absolute Gasteiger partial charge is 0.444 e. The normalized spacial score (nSPS) is 15.6. The van der Waals surface area contributed by atoms with E-state index in [1.807, 2.05) is 70.7 Å². The first-order chi connectivity index (χ1) is 21.7. The van der Waals surface area contributed by atoms with E-state index in [1.165, 1.54) is 10.6 Å². The standard InChI is InChI=1S/C36H43FN6O3/c1-10-24-13-11-12-14-26(24)30-28(37)19-27-32(42-18-17-41(20-23(42)6)35(45)46-36(7,8)9)40-34(44)43(33(27)39-30)31-25(21(2)3)15-16-38-29(31)22(4)5/h10-16,19,21-23H,1,17-18,20H2,2-9H3/t23-/m0/s1. The lowest BCUT2D eigenvalue weighted by Gasteiger charge is -2.41. The smallest absolute Gasteiger partial charge is 0.410 e. The number of carbonyl (C=O) groups is 1. The van der Waals surface area contributed by atoms with Crippen LogP contribution in [0.3, 0.4) is 0 Å². The third-order valence-corrected chi connectivity index (χ3v) is 8.16. The summed E-state index contributed by atoms with van der Waals surface area (Å²) in [6.07, 6.45) is 3.02. The first kappa shape index (κ1) is 32.8. The van der Waals surface area contributed by atoms with Gasteiger partial charge in [-0.25, -0.2) is 23.5 Å². The van der Waals surface area contributed by atoms with Gasteiger partial charge in [-0.15, -0.1) is 0 Å². The summed E-state index contributed by atoms with van der Waals surface area (Å²) in [5.41, 5.74) is 2.76. The van der Waals surface area contributed by atoms with Crippen molar-refractivity contribution in [2.24, 2.45) is 0 Å². The van der Waals surface area contributed by atoms with Crippen LogP contribution in [0.1, 0.15) is 84.0 Å². The van der Waals surface area contributed by atoms with Gasteiger partial charge in [0.05, 0.1) is 16.8 Å². The molecule has 0 spiro atoms. The molecule has 1 fully saturated rings. The fourth-order valence-corrected chi connectivity index (χ4v) is 5.99. The van der Waals surface area contributed by atoms with Crippen molar-refractivity contribution >= 4 is 29.0 Å². The van der Waals surface area contributed by atoms with E-state index in [4.69, 9.17) is 9.72 Å². The topological polar surface area (TPSA) is 93.5 Å². The highest BCUT2D eigenvalue weighted by Gasteiger charge is 2.33. The molecule has 0 saturated carbocycles. The fourth-order valence-electron chi connectivity index (χ4n) is 5.99. The average molecular weight is 627 g/mol. The number of aromatic nitrogens is 4. The van der Waals surface area contributed by atoms with E-state index in [9.17, 15) is 9.59 Å². The zero-order chi connectivity index (χ0) is 33.5. The molecular weight excluding hydrogens is 583 g/mol. The molecule has 46 heavy (non-hydrogen) atoms. The van der Waals surface area contributed by atoms with Gasteiger partial charge in [0, 0.05) is 37.4 Å². The Balaban J connectivity index is 1.77. The molecule has 1 aromatic carbocycles. The molecule has 1 aliphatic heterocycles. The molecule has 10 heteroatoms. The summed E-state index contributed by atoms with van der Waals surface area (Å²) in [7, 11) is 0. The highest BCUT2D eigenvalue weighted by Crippen LogP contribution is 2.35. The number of nitrogens with zero attached hydrogens (tertiary/aromatic N) is 6. The molecule has 4 heterocycles. The van der Waals surface area contributed by atoms with Crippen LogP contribution in [0.4, 0.5) is 15.0 Å². The van der Waals surface area contributed by atoms with Crippen molar-refractivity contribution in [3.63, 3.8) is 0 Å². The Morgan fingerprint density at radius 3 is 2.43 bits per heavy atom. The number of hydrogen-bond acceptors (Lipinski definition) is 7. The van der Waals surface area contributed by atoms with Crippen LogP contribution in [-0.4, -0.2) is 61.8 Å². The quantitative estimate of drug-likeness (QED) is 0.221. The van der Waals surface area contributed by atoms with E-state index < -0.39 is 23.2 Å². The van der Waals surface area contributed by atoms with Crippen LogP contribution in [0.5, 0.6) is 0 Å². The van der Waals surface area contributed by atoms with Crippen LogP contribution in [0, 0.1) is 5.82 Å². The summed E-state index contributed by atoms with van der Waals surface area (Å²) in [5.74, 6) is -0.185. The van der Waals surface area contributed by atoms with Crippen molar-refractivity contribution < 1.29 is 13.9 Å². The van der Waals surface area contributed by atoms with Crippen molar-refractivity contribution in [2.75, 3.05) is 24.5 Å². The molecular formula is C36H43FN6O3. The zero-order valence-electron chi connectivity index (χ0n) is 28.0. The van der Waals surface area contributed by atoms with Gasteiger partial charge in [-0.3, -0.25) is 4.98 Å². The van der Waals surface area contributed by atoms with Crippen molar-refractivity contribution in [1.82, 2.24) is 24.4 Å². The lowest BCUT2D eigenvalue weighted by atomic mass is 9.97. The number of carbonyl (C=O) groups excluding carboxylic acids is 1. The molecule has 0 unspecified atom stereocenters. The SMILES string of the molecule is C=Cc1ccccc1-c1nc2c(cc1F)c(N1CCN(C(=O)OC(C)(C)C)C[C@@H]1C)nc(=O)n2-c1c(C(C)C)ccnc1C(C)C. The van der Waals surface area contributed by atoms with Gasteiger partial charge in [-0.2, -0.15) is 4.98 Å². The second kappa shape index (κ2) is 12.7. The molecule has 5 rings (SSSR count). The van der Waals surface area contributed by atoms with Crippen molar-refractivity contribution in [3.8, 4) is 16.9 Å². The van der Waals surface area contributed by atoms with Crippen molar-refractivity contribution in [3.05, 3.63) is 82.3 Å². The molecule has 9 nitrogen and oxygen atoms in total. The second-order valence-corrected chi connectivity index (χ2v) is 13.4. The van der Waals surface area contributed by atoms with Crippen LogP contribution in [0.25, 0.3) is 34.1 Å². The van der Waals surface area contributed by atoms with Gasteiger partial charge in [0.25, 0.3) is 0 Å². The first-order valence-corrected chi connectivity index (χ1v) is 15.8. The van der Waals surface area contributed by atoms with Gasteiger partial charge in [0.15, 0.2) is 5.65 Å². The van der Waals surface area contributed by atoms with Gasteiger partial charge in [0.2, 0.25) is 0 Å². The summed E-state index contributed by atoms with van der Waals surface area (Å²) < 4.78 is 23.3. The maximum atomic E-state index is 16.2. The molecule has 0 N–H and O–H groups in total. The lowest BCUT2D eigenvalue weighted by Crippen LogP contribution is -2.55. The van der Waals surface area contributed by atoms with Crippen LogP contribution >= 0.6 is 0 Å². The maximum absolute atomic E-state index is 16.2. The van der Waals surface area contributed by atoms with E-state index in [2.05, 4.69) is 30.4 Å². The summed E-state index contributed by atoms with van der Waals surface area (Å²) in [6.45, 7) is 20.6. The molecule has 1 atom stereocenters. The van der Waals surface area contributed by atoms with E-state index >= 15 is 4.39 Å². The number of pyridine rings is 2. The van der Waals surface area contributed by atoms with E-state index in [1.54, 1.807) is 23.2 Å². The van der Waals surface area contributed by atoms with E-state index in [0.717, 1.165) is 16.8 Å². The molecule has 0 aliphatic carbocycles. The second-order valence-electron chi connectivity index (χ2n) is 13.4. The number of halogens is 1. The molecule has 3 aromatic heterocycles. The van der Waals surface area contributed by atoms with Crippen LogP contribution in [-0.2, 0) is 4.74 Å². The van der Waals surface area contributed by atoms with Crippen LogP contribution in [0.2, 0.25) is 0 Å². The van der Waals surface area contributed by atoms with Gasteiger partial charge in [-0.1, -0.05) is 64.6 Å². The lowest BCUT2D eigenvalue weighted by molar-refractivity contribution is 0.0218. The Hall–Kier alpha value is -4.60. The number of amides is 1. The number of ether oxygens (including phenoxy) is 1. The summed E-state index contributed by atoms with van der Waals surface area (Å²) in [6, 6.07) is 10.4. The third-order valence-electron chi connectivity index (χ3n) is 8.16. The minimum absolute atomic E-state index is 0.0160. The third kappa shape index (κ3) is 6.25. The Labute approximate surface area is 269 Å². The zero-order valence-corrected chi connectivity index (χ0v) is 28.0. The van der Waals surface area contributed by atoms with E-state index in [-0.39, 0.29) is 29.2 Å². The Kier molecular flexibility index (Phi) is 9.02. The molecule has 1 amide bonds.